The van der Waals surface area contributed by atoms with Crippen LogP contribution in [0.25, 0.3) is 0 Å². The average molecular weight is 340 g/mol. The topological polar surface area (TPSA) is 58.6 Å². The first-order valence-corrected chi connectivity index (χ1v) is 8.45. The number of rotatable bonds is 9. The highest BCUT2D eigenvalue weighted by Gasteiger charge is 2.13. The van der Waals surface area contributed by atoms with Crippen LogP contribution in [0.15, 0.2) is 60.7 Å². The molecule has 132 valence electrons. The summed E-state index contributed by atoms with van der Waals surface area (Å²) < 4.78 is 5.36. The summed E-state index contributed by atoms with van der Waals surface area (Å²) in [5.41, 5.74) is 1.19. The number of carbonyl (C=O) groups excluding carboxylic acids is 2. The molecule has 0 saturated carbocycles. The molecule has 2 rings (SSSR count). The zero-order valence-corrected chi connectivity index (χ0v) is 14.5. The van der Waals surface area contributed by atoms with Gasteiger partial charge in [0.2, 0.25) is 5.91 Å². The maximum Gasteiger partial charge on any atom is 0.258 e. The summed E-state index contributed by atoms with van der Waals surface area (Å²) >= 11 is 0. The number of nitrogens with zero attached hydrogens (tertiary/aromatic N) is 1. The highest BCUT2D eigenvalue weighted by Crippen LogP contribution is 2.07. The summed E-state index contributed by atoms with van der Waals surface area (Å²) in [6.45, 7) is 3.06. The van der Waals surface area contributed by atoms with E-state index in [9.17, 15) is 9.59 Å². The third kappa shape index (κ3) is 6.67. The Bertz CT molecular complexity index is 659. The number of para-hydroxylation sites is 1. The van der Waals surface area contributed by atoms with Crippen LogP contribution in [0.2, 0.25) is 0 Å². The van der Waals surface area contributed by atoms with Gasteiger partial charge in [-0.1, -0.05) is 48.5 Å². The van der Waals surface area contributed by atoms with Gasteiger partial charge in [0, 0.05) is 13.1 Å². The lowest BCUT2D eigenvalue weighted by atomic mass is 10.1. The van der Waals surface area contributed by atoms with Gasteiger partial charge in [-0.2, -0.15) is 0 Å². The van der Waals surface area contributed by atoms with E-state index in [1.807, 2.05) is 55.5 Å². The largest absolute Gasteiger partial charge is 0.484 e. The number of carbonyl (C=O) groups is 2. The second-order valence-corrected chi connectivity index (χ2v) is 5.59. The second kappa shape index (κ2) is 10.1. The van der Waals surface area contributed by atoms with Crippen LogP contribution in [0.1, 0.15) is 12.5 Å². The predicted octanol–water partition coefficient (Wildman–Crippen LogP) is 2.27. The number of hydrogen-bond acceptors (Lipinski definition) is 3. The summed E-state index contributed by atoms with van der Waals surface area (Å²) in [4.78, 5) is 25.8. The van der Waals surface area contributed by atoms with Crippen molar-refractivity contribution in [1.29, 1.82) is 0 Å². The molecule has 0 saturated heterocycles. The molecule has 0 bridgehead atoms. The summed E-state index contributed by atoms with van der Waals surface area (Å²) in [6, 6.07) is 19.1. The van der Waals surface area contributed by atoms with Crippen molar-refractivity contribution < 1.29 is 14.3 Å². The van der Waals surface area contributed by atoms with Crippen LogP contribution >= 0.6 is 0 Å². The molecule has 25 heavy (non-hydrogen) atoms. The van der Waals surface area contributed by atoms with Gasteiger partial charge in [0.25, 0.3) is 5.91 Å². The Balaban J connectivity index is 1.70. The summed E-state index contributed by atoms with van der Waals surface area (Å²) in [7, 11) is 0. The molecule has 0 radical (unpaired) electrons. The zero-order valence-electron chi connectivity index (χ0n) is 14.5. The Labute approximate surface area is 148 Å². The lowest BCUT2D eigenvalue weighted by Gasteiger charge is -2.21. The molecule has 0 unspecified atom stereocenters. The van der Waals surface area contributed by atoms with Crippen LogP contribution in [0.4, 0.5) is 0 Å². The van der Waals surface area contributed by atoms with E-state index in [1.165, 1.54) is 5.56 Å². The smallest absolute Gasteiger partial charge is 0.258 e. The van der Waals surface area contributed by atoms with Crippen molar-refractivity contribution in [3.63, 3.8) is 0 Å². The molecule has 2 aromatic rings. The number of benzene rings is 2. The number of ether oxygens (including phenoxy) is 1. The van der Waals surface area contributed by atoms with E-state index >= 15 is 0 Å². The van der Waals surface area contributed by atoms with Gasteiger partial charge in [-0.05, 0) is 31.0 Å². The number of amides is 2. The van der Waals surface area contributed by atoms with Gasteiger partial charge in [0.05, 0.1) is 6.54 Å². The van der Waals surface area contributed by atoms with Crippen LogP contribution in [-0.4, -0.2) is 43.0 Å². The molecule has 5 heteroatoms. The van der Waals surface area contributed by atoms with E-state index in [4.69, 9.17) is 4.74 Å². The minimum Gasteiger partial charge on any atom is -0.484 e. The molecule has 0 aliphatic rings. The minimum absolute atomic E-state index is 0.0143. The van der Waals surface area contributed by atoms with Gasteiger partial charge in [0.15, 0.2) is 6.61 Å². The summed E-state index contributed by atoms with van der Waals surface area (Å²) in [6.07, 6.45) is 0.797. The van der Waals surface area contributed by atoms with E-state index in [2.05, 4.69) is 5.32 Å². The van der Waals surface area contributed by atoms with E-state index < -0.39 is 0 Å². The third-order valence-electron chi connectivity index (χ3n) is 3.80. The molecule has 0 fully saturated rings. The average Bonchev–Trinajstić information content (AvgIpc) is 2.67. The van der Waals surface area contributed by atoms with Crippen molar-refractivity contribution in [2.75, 3.05) is 26.2 Å². The first-order chi connectivity index (χ1) is 12.2. The Morgan fingerprint density at radius 2 is 1.64 bits per heavy atom. The monoisotopic (exact) mass is 340 g/mol. The Hall–Kier alpha value is -2.82. The normalized spacial score (nSPS) is 10.1. The van der Waals surface area contributed by atoms with Gasteiger partial charge in [0.1, 0.15) is 5.75 Å². The van der Waals surface area contributed by atoms with E-state index in [0.29, 0.717) is 18.8 Å². The van der Waals surface area contributed by atoms with Crippen molar-refractivity contribution >= 4 is 11.8 Å². The summed E-state index contributed by atoms with van der Waals surface area (Å²) in [5.74, 6) is 0.227. The van der Waals surface area contributed by atoms with Crippen molar-refractivity contribution in [2.24, 2.45) is 0 Å². The fourth-order valence-electron chi connectivity index (χ4n) is 2.37. The van der Waals surface area contributed by atoms with Crippen molar-refractivity contribution in [3.8, 4) is 5.75 Å². The zero-order chi connectivity index (χ0) is 17.9. The molecule has 0 spiro atoms. The molecule has 2 aromatic carbocycles. The SMILES string of the molecule is CCN(CCc1ccccc1)C(=O)CNC(=O)COc1ccccc1. The molecule has 0 aliphatic carbocycles. The molecule has 0 aromatic heterocycles. The Morgan fingerprint density at radius 1 is 1.00 bits per heavy atom. The number of nitrogens with one attached hydrogen (secondary N) is 1. The quantitative estimate of drug-likeness (QED) is 0.762. The van der Waals surface area contributed by atoms with Crippen LogP contribution in [-0.2, 0) is 16.0 Å². The molecule has 0 heterocycles. The van der Waals surface area contributed by atoms with Gasteiger partial charge in [-0.15, -0.1) is 0 Å². The number of likely N-dealkylation sites (N-methyl/N-ethyl adjacent to an activating group) is 1. The van der Waals surface area contributed by atoms with Crippen LogP contribution < -0.4 is 10.1 Å². The number of hydrogen-bond donors (Lipinski definition) is 1. The molecular formula is C20H24N2O3. The van der Waals surface area contributed by atoms with E-state index in [1.54, 1.807) is 17.0 Å². The van der Waals surface area contributed by atoms with Crippen LogP contribution in [0.3, 0.4) is 0 Å². The highest BCUT2D eigenvalue weighted by molar-refractivity contribution is 5.85. The molecule has 0 atom stereocenters. The van der Waals surface area contributed by atoms with Crippen LogP contribution in [0, 0.1) is 0 Å². The Kier molecular flexibility index (Phi) is 7.50. The second-order valence-electron chi connectivity index (χ2n) is 5.59. The first kappa shape index (κ1) is 18.5. The van der Waals surface area contributed by atoms with Crippen molar-refractivity contribution in [3.05, 3.63) is 66.2 Å². The van der Waals surface area contributed by atoms with Crippen molar-refractivity contribution in [1.82, 2.24) is 10.2 Å². The summed E-state index contributed by atoms with van der Waals surface area (Å²) in [5, 5.41) is 2.61. The molecule has 0 aliphatic heterocycles. The van der Waals surface area contributed by atoms with Crippen LogP contribution in [0.5, 0.6) is 5.75 Å². The lowest BCUT2D eigenvalue weighted by Crippen LogP contribution is -2.42. The molecule has 5 nitrogen and oxygen atoms in total. The molecule has 2 amide bonds. The fourth-order valence-corrected chi connectivity index (χ4v) is 2.37. The lowest BCUT2D eigenvalue weighted by molar-refractivity contribution is -0.133. The third-order valence-corrected chi connectivity index (χ3v) is 3.80. The van der Waals surface area contributed by atoms with Gasteiger partial charge in [-0.25, -0.2) is 0 Å². The molecular weight excluding hydrogens is 316 g/mol. The standard InChI is InChI=1S/C20H24N2O3/c1-2-22(14-13-17-9-5-3-6-10-17)20(24)15-21-19(23)16-25-18-11-7-4-8-12-18/h3-12H,2,13-16H2,1H3,(H,21,23). The van der Waals surface area contributed by atoms with Gasteiger partial charge >= 0.3 is 0 Å². The highest BCUT2D eigenvalue weighted by atomic mass is 16.5. The Morgan fingerprint density at radius 3 is 2.28 bits per heavy atom. The minimum atomic E-state index is -0.309. The van der Waals surface area contributed by atoms with Gasteiger partial charge in [-0.3, -0.25) is 9.59 Å². The fraction of sp³-hybridized carbons (Fsp3) is 0.300. The first-order valence-electron chi connectivity index (χ1n) is 8.45. The van der Waals surface area contributed by atoms with E-state index in [0.717, 1.165) is 6.42 Å². The van der Waals surface area contributed by atoms with E-state index in [-0.39, 0.29) is 25.0 Å². The van der Waals surface area contributed by atoms with Crippen molar-refractivity contribution in [2.45, 2.75) is 13.3 Å². The predicted molar refractivity (Wildman–Crippen MR) is 97.3 cm³/mol. The maximum absolute atomic E-state index is 12.2. The van der Waals surface area contributed by atoms with Gasteiger partial charge < -0.3 is 15.0 Å². The molecule has 1 N–H and O–H groups in total. The maximum atomic E-state index is 12.2.